The van der Waals surface area contributed by atoms with Crippen LogP contribution in [0.5, 0.6) is 0 Å². The summed E-state index contributed by atoms with van der Waals surface area (Å²) in [7, 11) is 2.87. The van der Waals surface area contributed by atoms with Gasteiger partial charge in [-0.1, -0.05) is 11.6 Å². The SMILES string of the molecule is COC(=O)c1ccc(Cl)c(NC(=O)c2sc3ncn(C)c(=O)c3c2C)c1. The van der Waals surface area contributed by atoms with Gasteiger partial charge < -0.3 is 14.6 Å². The van der Waals surface area contributed by atoms with Crippen molar-refractivity contribution in [2.45, 2.75) is 6.92 Å². The second-order valence-corrected chi connectivity index (χ2v) is 6.94. The first-order chi connectivity index (χ1) is 12.3. The fourth-order valence-electron chi connectivity index (χ4n) is 2.47. The fourth-order valence-corrected chi connectivity index (χ4v) is 3.67. The average molecular weight is 392 g/mol. The molecule has 0 saturated heterocycles. The maximum absolute atomic E-state index is 12.7. The van der Waals surface area contributed by atoms with E-state index in [-0.39, 0.29) is 21.8 Å². The number of nitrogens with zero attached hydrogens (tertiary/aromatic N) is 2. The number of aromatic nitrogens is 2. The van der Waals surface area contributed by atoms with Gasteiger partial charge in [-0.05, 0) is 30.7 Å². The van der Waals surface area contributed by atoms with E-state index < -0.39 is 11.9 Å². The molecule has 3 aromatic rings. The number of rotatable bonds is 3. The Morgan fingerprint density at radius 2 is 2.08 bits per heavy atom. The zero-order chi connectivity index (χ0) is 19.0. The van der Waals surface area contributed by atoms with Crippen molar-refractivity contribution < 1.29 is 14.3 Å². The largest absolute Gasteiger partial charge is 0.465 e. The van der Waals surface area contributed by atoms with E-state index in [0.29, 0.717) is 20.7 Å². The number of halogens is 1. The molecule has 9 heteroatoms. The van der Waals surface area contributed by atoms with Gasteiger partial charge in [0.1, 0.15) is 4.83 Å². The molecular weight excluding hydrogens is 378 g/mol. The Hall–Kier alpha value is -2.71. The van der Waals surface area contributed by atoms with Crippen molar-refractivity contribution in [2.75, 3.05) is 12.4 Å². The van der Waals surface area contributed by atoms with Crippen LogP contribution in [-0.4, -0.2) is 28.5 Å². The molecule has 0 aliphatic rings. The van der Waals surface area contributed by atoms with Crippen LogP contribution in [0.1, 0.15) is 25.6 Å². The van der Waals surface area contributed by atoms with E-state index in [9.17, 15) is 14.4 Å². The number of hydrogen-bond acceptors (Lipinski definition) is 6. The molecule has 0 spiro atoms. The minimum Gasteiger partial charge on any atom is -0.465 e. The van der Waals surface area contributed by atoms with Crippen molar-refractivity contribution in [3.8, 4) is 0 Å². The molecule has 1 amide bonds. The molecule has 2 heterocycles. The van der Waals surface area contributed by atoms with Crippen LogP contribution in [-0.2, 0) is 11.8 Å². The number of anilines is 1. The summed E-state index contributed by atoms with van der Waals surface area (Å²) in [6, 6.07) is 4.44. The molecule has 0 aliphatic heterocycles. The molecule has 7 nitrogen and oxygen atoms in total. The Bertz CT molecular complexity index is 1100. The number of benzene rings is 1. The van der Waals surface area contributed by atoms with Gasteiger partial charge in [0.25, 0.3) is 11.5 Å². The van der Waals surface area contributed by atoms with Gasteiger partial charge >= 0.3 is 5.97 Å². The first-order valence-electron chi connectivity index (χ1n) is 7.47. The number of nitrogens with one attached hydrogen (secondary N) is 1. The minimum atomic E-state index is -0.539. The zero-order valence-electron chi connectivity index (χ0n) is 14.1. The third-order valence-corrected chi connectivity index (χ3v) is 5.38. The molecule has 134 valence electrons. The highest BCUT2D eigenvalue weighted by Gasteiger charge is 2.20. The lowest BCUT2D eigenvalue weighted by Gasteiger charge is -2.08. The summed E-state index contributed by atoms with van der Waals surface area (Å²) >= 11 is 7.23. The number of ether oxygens (including phenoxy) is 1. The van der Waals surface area contributed by atoms with E-state index in [1.807, 2.05) is 0 Å². The Labute approximate surface area is 157 Å². The van der Waals surface area contributed by atoms with Crippen molar-refractivity contribution in [3.05, 3.63) is 55.9 Å². The molecule has 26 heavy (non-hydrogen) atoms. The van der Waals surface area contributed by atoms with Crippen LogP contribution in [0.3, 0.4) is 0 Å². The topological polar surface area (TPSA) is 90.3 Å². The zero-order valence-corrected chi connectivity index (χ0v) is 15.7. The third-order valence-electron chi connectivity index (χ3n) is 3.85. The predicted octanol–water partition coefficient (Wildman–Crippen LogP) is 3.00. The first kappa shape index (κ1) is 18.1. The Morgan fingerprint density at radius 3 is 2.77 bits per heavy atom. The molecule has 0 atom stereocenters. The van der Waals surface area contributed by atoms with E-state index in [2.05, 4.69) is 15.0 Å². The summed E-state index contributed by atoms with van der Waals surface area (Å²) in [4.78, 5) is 41.7. The molecule has 0 bridgehead atoms. The molecule has 0 aliphatic carbocycles. The maximum Gasteiger partial charge on any atom is 0.337 e. The molecule has 2 aromatic heterocycles. The number of esters is 1. The number of methoxy groups -OCH3 is 1. The second kappa shape index (κ2) is 6.89. The standard InChI is InChI=1S/C17H14ClN3O4S/c1-8-12-15(19-7-21(2)16(12)23)26-13(8)14(22)20-11-6-9(17(24)25-3)4-5-10(11)18/h4-7H,1-3H3,(H,20,22). The van der Waals surface area contributed by atoms with Crippen LogP contribution in [0.2, 0.25) is 5.02 Å². The van der Waals surface area contributed by atoms with E-state index in [4.69, 9.17) is 11.6 Å². The van der Waals surface area contributed by atoms with Gasteiger partial charge in [-0.3, -0.25) is 9.59 Å². The van der Waals surface area contributed by atoms with Crippen LogP contribution < -0.4 is 10.9 Å². The van der Waals surface area contributed by atoms with E-state index in [1.165, 1.54) is 36.2 Å². The van der Waals surface area contributed by atoms with Crippen LogP contribution in [0.15, 0.2) is 29.3 Å². The number of aryl methyl sites for hydroxylation is 2. The molecule has 1 aromatic carbocycles. The van der Waals surface area contributed by atoms with Gasteiger partial charge in [-0.15, -0.1) is 11.3 Å². The van der Waals surface area contributed by atoms with Gasteiger partial charge in [0.15, 0.2) is 0 Å². The van der Waals surface area contributed by atoms with Gasteiger partial charge in [0, 0.05) is 7.05 Å². The molecule has 0 radical (unpaired) electrons. The van der Waals surface area contributed by atoms with Crippen molar-refractivity contribution >= 4 is 50.7 Å². The van der Waals surface area contributed by atoms with Crippen molar-refractivity contribution in [3.63, 3.8) is 0 Å². The number of hydrogen-bond donors (Lipinski definition) is 1. The highest BCUT2D eigenvalue weighted by molar-refractivity contribution is 7.20. The quantitative estimate of drug-likeness (QED) is 0.693. The van der Waals surface area contributed by atoms with Crippen molar-refractivity contribution in [2.24, 2.45) is 7.05 Å². The van der Waals surface area contributed by atoms with E-state index >= 15 is 0 Å². The summed E-state index contributed by atoms with van der Waals surface area (Å²) in [5.74, 6) is -0.973. The molecule has 3 rings (SSSR count). The third kappa shape index (κ3) is 3.09. The number of carbonyl (C=O) groups is 2. The Balaban J connectivity index is 2.00. The minimum absolute atomic E-state index is 0.214. The summed E-state index contributed by atoms with van der Waals surface area (Å²) in [5, 5.41) is 3.37. The lowest BCUT2D eigenvalue weighted by atomic mass is 10.2. The number of carbonyl (C=O) groups excluding carboxylic acids is 2. The van der Waals surface area contributed by atoms with Crippen molar-refractivity contribution in [1.82, 2.24) is 9.55 Å². The second-order valence-electron chi connectivity index (χ2n) is 5.54. The van der Waals surface area contributed by atoms with E-state index in [1.54, 1.807) is 14.0 Å². The highest BCUT2D eigenvalue weighted by Crippen LogP contribution is 2.29. The number of thiophene rings is 1. The Kier molecular flexibility index (Phi) is 4.80. The summed E-state index contributed by atoms with van der Waals surface area (Å²) in [6.45, 7) is 1.70. The molecule has 0 saturated carbocycles. The predicted molar refractivity (Wildman–Crippen MR) is 100 cm³/mol. The van der Waals surface area contributed by atoms with E-state index in [0.717, 1.165) is 11.3 Å². The molecular formula is C17H14ClN3O4S. The van der Waals surface area contributed by atoms with Crippen molar-refractivity contribution in [1.29, 1.82) is 0 Å². The highest BCUT2D eigenvalue weighted by atomic mass is 35.5. The Morgan fingerprint density at radius 1 is 1.35 bits per heavy atom. The monoisotopic (exact) mass is 391 g/mol. The number of fused-ring (bicyclic) bond motifs is 1. The van der Waals surface area contributed by atoms with Gasteiger partial charge in [-0.25, -0.2) is 9.78 Å². The lowest BCUT2D eigenvalue weighted by molar-refractivity contribution is 0.0600. The van der Waals surface area contributed by atoms with Gasteiger partial charge in [-0.2, -0.15) is 0 Å². The molecule has 0 fully saturated rings. The number of amides is 1. The fraction of sp³-hybridized carbons (Fsp3) is 0.176. The summed E-state index contributed by atoms with van der Waals surface area (Å²) in [5.41, 5.74) is 0.873. The van der Waals surface area contributed by atoms with Crippen LogP contribution in [0.25, 0.3) is 10.2 Å². The van der Waals surface area contributed by atoms with Crippen LogP contribution in [0, 0.1) is 6.92 Å². The summed E-state index contributed by atoms with van der Waals surface area (Å²) < 4.78 is 6.03. The van der Waals surface area contributed by atoms with Gasteiger partial charge in [0.05, 0.1) is 40.0 Å². The average Bonchev–Trinajstić information content (AvgIpc) is 2.96. The molecule has 1 N–H and O–H groups in total. The maximum atomic E-state index is 12.7. The normalized spacial score (nSPS) is 10.8. The summed E-state index contributed by atoms with van der Waals surface area (Å²) in [6.07, 6.45) is 1.42. The van der Waals surface area contributed by atoms with Crippen LogP contribution in [0.4, 0.5) is 5.69 Å². The first-order valence-corrected chi connectivity index (χ1v) is 8.67. The van der Waals surface area contributed by atoms with Gasteiger partial charge in [0.2, 0.25) is 0 Å². The lowest BCUT2D eigenvalue weighted by Crippen LogP contribution is -2.17. The molecule has 0 unspecified atom stereocenters. The van der Waals surface area contributed by atoms with Crippen LogP contribution >= 0.6 is 22.9 Å². The smallest absolute Gasteiger partial charge is 0.337 e.